The molecule has 0 radical (unpaired) electrons. The third-order valence-corrected chi connectivity index (χ3v) is 3.26. The second-order valence-electron chi connectivity index (χ2n) is 3.82. The SMILES string of the molecule is O=C(/C=C/c1csnn1)c1cc2cc(Cl)ccc2o1. The summed E-state index contributed by atoms with van der Waals surface area (Å²) in [5, 5.41) is 6.98. The molecule has 3 aromatic rings. The monoisotopic (exact) mass is 290 g/mol. The third-order valence-electron chi connectivity index (χ3n) is 2.50. The van der Waals surface area contributed by atoms with Gasteiger partial charge in [0.15, 0.2) is 5.76 Å². The van der Waals surface area contributed by atoms with Crippen LogP contribution in [0.5, 0.6) is 0 Å². The van der Waals surface area contributed by atoms with Crippen LogP contribution in [0.25, 0.3) is 17.0 Å². The largest absolute Gasteiger partial charge is 0.453 e. The topological polar surface area (TPSA) is 56.0 Å². The van der Waals surface area contributed by atoms with Crippen LogP contribution in [0, 0.1) is 0 Å². The number of nitrogens with zero attached hydrogens (tertiary/aromatic N) is 2. The average Bonchev–Trinajstić information content (AvgIpc) is 3.04. The fourth-order valence-corrected chi connectivity index (χ4v) is 2.23. The molecular weight excluding hydrogens is 284 g/mol. The lowest BCUT2D eigenvalue weighted by molar-refractivity contribution is 0.102. The molecule has 0 aliphatic rings. The van der Waals surface area contributed by atoms with Crippen LogP contribution in [-0.2, 0) is 0 Å². The van der Waals surface area contributed by atoms with Crippen molar-refractivity contribution in [2.75, 3.05) is 0 Å². The van der Waals surface area contributed by atoms with Gasteiger partial charge in [0.25, 0.3) is 0 Å². The molecule has 3 rings (SSSR count). The first-order valence-corrected chi connectivity index (χ1v) is 6.62. The summed E-state index contributed by atoms with van der Waals surface area (Å²) in [6.45, 7) is 0. The van der Waals surface area contributed by atoms with Gasteiger partial charge in [-0.05, 0) is 47.9 Å². The minimum atomic E-state index is -0.222. The Kier molecular flexibility index (Phi) is 3.15. The van der Waals surface area contributed by atoms with Gasteiger partial charge in [-0.25, -0.2) is 0 Å². The highest BCUT2D eigenvalue weighted by Gasteiger charge is 2.09. The van der Waals surface area contributed by atoms with Gasteiger partial charge in [-0.3, -0.25) is 4.79 Å². The van der Waals surface area contributed by atoms with Crippen molar-refractivity contribution in [1.82, 2.24) is 9.59 Å². The first-order valence-electron chi connectivity index (χ1n) is 5.41. The molecule has 94 valence electrons. The number of furan rings is 1. The average molecular weight is 291 g/mol. The van der Waals surface area contributed by atoms with Gasteiger partial charge in [-0.2, -0.15) is 0 Å². The molecule has 0 bridgehead atoms. The fourth-order valence-electron chi connectivity index (χ4n) is 1.62. The molecule has 0 aliphatic carbocycles. The van der Waals surface area contributed by atoms with E-state index in [0.717, 1.165) is 5.39 Å². The maximum atomic E-state index is 11.9. The minimum Gasteiger partial charge on any atom is -0.453 e. The highest BCUT2D eigenvalue weighted by Crippen LogP contribution is 2.23. The Morgan fingerprint density at radius 1 is 1.37 bits per heavy atom. The molecule has 0 aliphatic heterocycles. The molecule has 2 aromatic heterocycles. The number of allylic oxidation sites excluding steroid dienone is 1. The van der Waals surface area contributed by atoms with E-state index >= 15 is 0 Å². The smallest absolute Gasteiger partial charge is 0.221 e. The normalized spacial score (nSPS) is 11.4. The number of halogens is 1. The van der Waals surface area contributed by atoms with E-state index in [9.17, 15) is 4.79 Å². The van der Waals surface area contributed by atoms with Gasteiger partial charge in [0.1, 0.15) is 5.58 Å². The quantitative estimate of drug-likeness (QED) is 0.543. The van der Waals surface area contributed by atoms with Crippen LogP contribution in [0.4, 0.5) is 0 Å². The number of carbonyl (C=O) groups is 1. The van der Waals surface area contributed by atoms with E-state index in [1.165, 1.54) is 17.6 Å². The molecule has 0 spiro atoms. The Morgan fingerprint density at radius 3 is 3.05 bits per heavy atom. The molecule has 0 fully saturated rings. The van der Waals surface area contributed by atoms with E-state index in [1.807, 2.05) is 0 Å². The van der Waals surface area contributed by atoms with Crippen molar-refractivity contribution in [2.45, 2.75) is 0 Å². The Bertz CT molecular complexity index is 762. The highest BCUT2D eigenvalue weighted by molar-refractivity contribution is 7.03. The van der Waals surface area contributed by atoms with Crippen molar-refractivity contribution in [3.8, 4) is 0 Å². The maximum Gasteiger partial charge on any atom is 0.221 e. The molecule has 0 unspecified atom stereocenters. The zero-order valence-corrected chi connectivity index (χ0v) is 11.1. The summed E-state index contributed by atoms with van der Waals surface area (Å²) in [6.07, 6.45) is 3.02. The molecular formula is C13H7ClN2O2S. The zero-order chi connectivity index (χ0) is 13.2. The number of hydrogen-bond acceptors (Lipinski definition) is 5. The fraction of sp³-hybridized carbons (Fsp3) is 0. The van der Waals surface area contributed by atoms with Crippen LogP contribution in [0.15, 0.2) is 40.1 Å². The number of carbonyl (C=O) groups excluding carboxylic acids is 1. The molecule has 19 heavy (non-hydrogen) atoms. The minimum absolute atomic E-state index is 0.222. The Balaban J connectivity index is 1.89. The molecule has 2 heterocycles. The van der Waals surface area contributed by atoms with Crippen molar-refractivity contribution in [1.29, 1.82) is 0 Å². The van der Waals surface area contributed by atoms with E-state index in [1.54, 1.807) is 35.7 Å². The van der Waals surface area contributed by atoms with Crippen LogP contribution in [0.3, 0.4) is 0 Å². The Morgan fingerprint density at radius 2 is 2.26 bits per heavy atom. The van der Waals surface area contributed by atoms with Gasteiger partial charge in [-0.15, -0.1) is 5.10 Å². The zero-order valence-electron chi connectivity index (χ0n) is 9.54. The van der Waals surface area contributed by atoms with Crippen molar-refractivity contribution in [3.05, 3.63) is 52.2 Å². The molecule has 6 heteroatoms. The number of hydrogen-bond donors (Lipinski definition) is 0. The molecule has 1 aromatic carbocycles. The van der Waals surface area contributed by atoms with Gasteiger partial charge in [-0.1, -0.05) is 16.1 Å². The maximum absolute atomic E-state index is 11.9. The lowest BCUT2D eigenvalue weighted by Gasteiger charge is -1.88. The van der Waals surface area contributed by atoms with E-state index in [2.05, 4.69) is 9.59 Å². The van der Waals surface area contributed by atoms with E-state index < -0.39 is 0 Å². The van der Waals surface area contributed by atoms with Crippen LogP contribution in [0.1, 0.15) is 16.2 Å². The number of fused-ring (bicyclic) bond motifs is 1. The Hall–Kier alpha value is -1.98. The lowest BCUT2D eigenvalue weighted by atomic mass is 10.2. The first-order chi connectivity index (χ1) is 9.22. The van der Waals surface area contributed by atoms with Crippen molar-refractivity contribution in [2.24, 2.45) is 0 Å². The second kappa shape index (κ2) is 4.95. The summed E-state index contributed by atoms with van der Waals surface area (Å²) >= 11 is 7.11. The summed E-state index contributed by atoms with van der Waals surface area (Å²) in [5.74, 6) is 0.0528. The van der Waals surface area contributed by atoms with E-state index in [-0.39, 0.29) is 11.5 Å². The molecule has 0 saturated heterocycles. The summed E-state index contributed by atoms with van der Waals surface area (Å²) in [4.78, 5) is 11.9. The van der Waals surface area contributed by atoms with Gasteiger partial charge in [0.2, 0.25) is 5.78 Å². The number of ketones is 1. The van der Waals surface area contributed by atoms with Gasteiger partial charge in [0.05, 0.1) is 5.69 Å². The summed E-state index contributed by atoms with van der Waals surface area (Å²) < 4.78 is 9.17. The number of rotatable bonds is 3. The van der Waals surface area contributed by atoms with Gasteiger partial charge >= 0.3 is 0 Å². The summed E-state index contributed by atoms with van der Waals surface area (Å²) in [5.41, 5.74) is 1.29. The van der Waals surface area contributed by atoms with Crippen molar-refractivity contribution >= 4 is 46.0 Å². The van der Waals surface area contributed by atoms with Crippen LogP contribution >= 0.6 is 23.1 Å². The number of aromatic nitrogens is 2. The van der Waals surface area contributed by atoms with Gasteiger partial charge < -0.3 is 4.42 Å². The van der Waals surface area contributed by atoms with E-state index in [0.29, 0.717) is 16.3 Å². The molecule has 0 saturated carbocycles. The van der Waals surface area contributed by atoms with Crippen LogP contribution < -0.4 is 0 Å². The predicted octanol–water partition coefficient (Wildman–Crippen LogP) is 3.83. The molecule has 0 amide bonds. The number of benzene rings is 1. The van der Waals surface area contributed by atoms with Gasteiger partial charge in [0, 0.05) is 15.8 Å². The highest BCUT2D eigenvalue weighted by atomic mass is 35.5. The second-order valence-corrected chi connectivity index (χ2v) is 4.87. The lowest BCUT2D eigenvalue weighted by Crippen LogP contribution is -1.90. The molecule has 0 N–H and O–H groups in total. The standard InChI is InChI=1S/C13H7ClN2O2S/c14-9-1-4-12-8(5-9)6-13(18-12)11(17)3-2-10-7-19-16-15-10/h1-7H/b3-2+. The molecule has 0 atom stereocenters. The van der Waals surface area contributed by atoms with Crippen molar-refractivity contribution < 1.29 is 9.21 Å². The van der Waals surface area contributed by atoms with E-state index in [4.69, 9.17) is 16.0 Å². The third kappa shape index (κ3) is 2.57. The van der Waals surface area contributed by atoms with Crippen LogP contribution in [-0.4, -0.2) is 15.4 Å². The van der Waals surface area contributed by atoms with Crippen molar-refractivity contribution in [3.63, 3.8) is 0 Å². The predicted molar refractivity (Wildman–Crippen MR) is 74.5 cm³/mol. The molecule has 4 nitrogen and oxygen atoms in total. The summed E-state index contributed by atoms with van der Waals surface area (Å²) in [6, 6.07) is 6.89. The van der Waals surface area contributed by atoms with Crippen LogP contribution in [0.2, 0.25) is 5.02 Å². The Labute approximate surface area is 117 Å². The summed E-state index contributed by atoms with van der Waals surface area (Å²) in [7, 11) is 0. The first kappa shape index (κ1) is 12.1.